The Labute approximate surface area is 117 Å². The van der Waals surface area contributed by atoms with Gasteiger partial charge in [0.2, 0.25) is 0 Å². The van der Waals surface area contributed by atoms with Crippen LogP contribution in [0.1, 0.15) is 16.7 Å². The van der Waals surface area contributed by atoms with Gasteiger partial charge in [-0.1, -0.05) is 24.0 Å². The predicted octanol–water partition coefficient (Wildman–Crippen LogP) is 3.06. The van der Waals surface area contributed by atoms with Crippen molar-refractivity contribution >= 4 is 0 Å². The largest absolute Gasteiger partial charge is 0.489 e. The first-order chi connectivity index (χ1) is 9.69. The van der Waals surface area contributed by atoms with Crippen molar-refractivity contribution in [2.24, 2.45) is 0 Å². The van der Waals surface area contributed by atoms with Crippen LogP contribution in [-0.2, 0) is 6.61 Å². The highest BCUT2D eigenvalue weighted by Gasteiger charge is 2.01. The molecule has 0 aliphatic rings. The number of halogens is 1. The van der Waals surface area contributed by atoms with Crippen LogP contribution in [0.4, 0.5) is 4.39 Å². The number of aryl methyl sites for hydroxylation is 1. The minimum absolute atomic E-state index is 0.157. The molecule has 0 aliphatic carbocycles. The van der Waals surface area contributed by atoms with Gasteiger partial charge in [0.25, 0.3) is 0 Å². The lowest BCUT2D eigenvalue weighted by molar-refractivity contribution is 0.305. The Kier molecular flexibility index (Phi) is 4.75. The summed E-state index contributed by atoms with van der Waals surface area (Å²) in [5.41, 5.74) is 2.36. The van der Waals surface area contributed by atoms with Gasteiger partial charge in [-0.3, -0.25) is 0 Å². The van der Waals surface area contributed by atoms with Gasteiger partial charge in [0.1, 0.15) is 24.8 Å². The lowest BCUT2D eigenvalue weighted by Crippen LogP contribution is -1.96. The number of aliphatic hydroxyl groups excluding tert-OH is 1. The zero-order chi connectivity index (χ0) is 14.4. The molecule has 1 N–H and O–H groups in total. The van der Waals surface area contributed by atoms with E-state index in [0.29, 0.717) is 17.9 Å². The number of aliphatic hydroxyl groups is 1. The van der Waals surface area contributed by atoms with Crippen LogP contribution in [0.25, 0.3) is 0 Å². The normalized spacial score (nSPS) is 9.75. The summed E-state index contributed by atoms with van der Waals surface area (Å²) in [6, 6.07) is 12.3. The van der Waals surface area contributed by atoms with Gasteiger partial charge in [0.05, 0.1) is 0 Å². The monoisotopic (exact) mass is 270 g/mol. The van der Waals surface area contributed by atoms with Gasteiger partial charge in [-0.25, -0.2) is 4.39 Å². The summed E-state index contributed by atoms with van der Waals surface area (Å²) in [4.78, 5) is 0. The molecule has 0 saturated carbocycles. The van der Waals surface area contributed by atoms with E-state index in [4.69, 9.17) is 9.84 Å². The number of ether oxygens (including phenoxy) is 1. The minimum Gasteiger partial charge on any atom is -0.489 e. The van der Waals surface area contributed by atoms with E-state index in [0.717, 1.165) is 11.1 Å². The van der Waals surface area contributed by atoms with E-state index < -0.39 is 0 Å². The van der Waals surface area contributed by atoms with Crippen LogP contribution in [0.2, 0.25) is 0 Å². The third-order valence-corrected chi connectivity index (χ3v) is 2.77. The quantitative estimate of drug-likeness (QED) is 0.869. The molecule has 2 aromatic carbocycles. The highest BCUT2D eigenvalue weighted by Crippen LogP contribution is 2.17. The lowest BCUT2D eigenvalue weighted by atomic mass is 10.1. The number of hydrogen-bond acceptors (Lipinski definition) is 2. The molecule has 0 radical (unpaired) electrons. The fraction of sp³-hybridized carbons (Fsp3) is 0.176. The number of rotatable bonds is 3. The van der Waals surface area contributed by atoms with Crippen molar-refractivity contribution in [1.29, 1.82) is 0 Å². The zero-order valence-electron chi connectivity index (χ0n) is 11.2. The van der Waals surface area contributed by atoms with Gasteiger partial charge < -0.3 is 9.84 Å². The zero-order valence-corrected chi connectivity index (χ0v) is 11.2. The summed E-state index contributed by atoms with van der Waals surface area (Å²) in [6.45, 7) is 1.93. The molecular formula is C17H15FO2. The fourth-order valence-corrected chi connectivity index (χ4v) is 1.75. The predicted molar refractivity (Wildman–Crippen MR) is 75.9 cm³/mol. The Morgan fingerprint density at radius 3 is 2.80 bits per heavy atom. The van der Waals surface area contributed by atoms with E-state index in [9.17, 15) is 4.39 Å². The van der Waals surface area contributed by atoms with E-state index in [2.05, 4.69) is 11.8 Å². The van der Waals surface area contributed by atoms with Gasteiger partial charge >= 0.3 is 0 Å². The van der Waals surface area contributed by atoms with Crippen LogP contribution in [-0.4, -0.2) is 11.7 Å². The van der Waals surface area contributed by atoms with Crippen molar-refractivity contribution in [3.05, 3.63) is 65.0 Å². The topological polar surface area (TPSA) is 29.5 Å². The van der Waals surface area contributed by atoms with Crippen molar-refractivity contribution < 1.29 is 14.2 Å². The van der Waals surface area contributed by atoms with Crippen molar-refractivity contribution in [3.63, 3.8) is 0 Å². The van der Waals surface area contributed by atoms with Crippen LogP contribution < -0.4 is 4.74 Å². The van der Waals surface area contributed by atoms with Gasteiger partial charge in [-0.15, -0.1) is 0 Å². The first-order valence-electron chi connectivity index (χ1n) is 6.26. The summed E-state index contributed by atoms with van der Waals surface area (Å²) >= 11 is 0. The summed E-state index contributed by atoms with van der Waals surface area (Å²) in [7, 11) is 0. The molecule has 0 fully saturated rings. The molecule has 0 bridgehead atoms. The van der Waals surface area contributed by atoms with Crippen LogP contribution in [0.15, 0.2) is 42.5 Å². The maximum atomic E-state index is 13.1. The Morgan fingerprint density at radius 2 is 2.05 bits per heavy atom. The van der Waals surface area contributed by atoms with E-state index >= 15 is 0 Å². The smallest absolute Gasteiger partial charge is 0.126 e. The van der Waals surface area contributed by atoms with Gasteiger partial charge in [0, 0.05) is 5.56 Å². The van der Waals surface area contributed by atoms with Gasteiger partial charge in [-0.2, -0.15) is 0 Å². The minimum atomic E-state index is -0.237. The van der Waals surface area contributed by atoms with E-state index in [-0.39, 0.29) is 12.4 Å². The molecule has 0 atom stereocenters. The highest BCUT2D eigenvalue weighted by atomic mass is 19.1. The molecule has 0 aromatic heterocycles. The first kappa shape index (κ1) is 14.1. The Hall–Kier alpha value is -2.31. The molecule has 0 saturated heterocycles. The van der Waals surface area contributed by atoms with Crippen LogP contribution in [0, 0.1) is 24.6 Å². The molecule has 2 nitrogen and oxygen atoms in total. The van der Waals surface area contributed by atoms with Gasteiger partial charge in [-0.05, 0) is 48.4 Å². The van der Waals surface area contributed by atoms with Gasteiger partial charge in [0.15, 0.2) is 0 Å². The highest BCUT2D eigenvalue weighted by molar-refractivity contribution is 5.37. The Balaban J connectivity index is 2.05. The molecular weight excluding hydrogens is 255 g/mol. The second kappa shape index (κ2) is 6.74. The lowest BCUT2D eigenvalue weighted by Gasteiger charge is -2.07. The molecule has 102 valence electrons. The third kappa shape index (κ3) is 3.84. The number of benzene rings is 2. The summed E-state index contributed by atoms with van der Waals surface area (Å²) in [5.74, 6) is 5.84. The molecule has 2 aromatic rings. The number of hydrogen-bond donors (Lipinski definition) is 1. The van der Waals surface area contributed by atoms with Crippen LogP contribution in [0.3, 0.4) is 0 Å². The Morgan fingerprint density at radius 1 is 1.20 bits per heavy atom. The van der Waals surface area contributed by atoms with Crippen molar-refractivity contribution in [1.82, 2.24) is 0 Å². The van der Waals surface area contributed by atoms with Crippen LogP contribution >= 0.6 is 0 Å². The second-order valence-corrected chi connectivity index (χ2v) is 4.36. The molecule has 3 heteroatoms. The SMILES string of the molecule is Cc1cc(OCc2cccc(C#CCO)c2)ccc1F. The first-order valence-corrected chi connectivity index (χ1v) is 6.26. The average molecular weight is 270 g/mol. The van der Waals surface area contributed by atoms with E-state index in [1.54, 1.807) is 19.1 Å². The third-order valence-electron chi connectivity index (χ3n) is 2.77. The van der Waals surface area contributed by atoms with Crippen LogP contribution in [0.5, 0.6) is 5.75 Å². The molecule has 0 heterocycles. The van der Waals surface area contributed by atoms with Crippen molar-refractivity contribution in [3.8, 4) is 17.6 Å². The Bertz CT molecular complexity index is 654. The summed E-state index contributed by atoms with van der Waals surface area (Å²) in [5, 5.41) is 8.67. The molecule has 0 amide bonds. The maximum Gasteiger partial charge on any atom is 0.126 e. The standard InChI is InChI=1S/C17H15FO2/c1-13-10-16(7-8-17(13)18)20-12-15-5-2-4-14(11-15)6-3-9-19/h2,4-5,7-8,10-11,19H,9,12H2,1H3. The summed E-state index contributed by atoms with van der Waals surface area (Å²) in [6.07, 6.45) is 0. The molecule has 2 rings (SSSR count). The molecule has 0 unspecified atom stereocenters. The molecule has 0 aliphatic heterocycles. The maximum absolute atomic E-state index is 13.1. The van der Waals surface area contributed by atoms with E-state index in [1.807, 2.05) is 24.3 Å². The molecule has 0 spiro atoms. The van der Waals surface area contributed by atoms with E-state index in [1.165, 1.54) is 6.07 Å². The molecule has 20 heavy (non-hydrogen) atoms. The second-order valence-electron chi connectivity index (χ2n) is 4.36. The fourth-order valence-electron chi connectivity index (χ4n) is 1.75. The average Bonchev–Trinajstić information content (AvgIpc) is 2.47. The van der Waals surface area contributed by atoms with Crippen molar-refractivity contribution in [2.45, 2.75) is 13.5 Å². The van der Waals surface area contributed by atoms with Crippen molar-refractivity contribution in [2.75, 3.05) is 6.61 Å². The summed E-state index contributed by atoms with van der Waals surface area (Å²) < 4.78 is 18.8.